The third-order valence-electron chi connectivity index (χ3n) is 2.10. The number of rotatable bonds is 5. The smallest absolute Gasteiger partial charge is 0.408 e. The van der Waals surface area contributed by atoms with Gasteiger partial charge in [-0.3, -0.25) is 19.6 Å². The summed E-state index contributed by atoms with van der Waals surface area (Å²) in [5, 5.41) is 2.22. The van der Waals surface area contributed by atoms with Gasteiger partial charge in [-0.1, -0.05) is 0 Å². The molecule has 1 heterocycles. The van der Waals surface area contributed by atoms with Crippen LogP contribution in [0.5, 0.6) is 0 Å². The molecule has 116 valence electrons. The van der Waals surface area contributed by atoms with Crippen molar-refractivity contribution in [1.82, 2.24) is 15.3 Å². The molecule has 0 aromatic carbocycles. The summed E-state index contributed by atoms with van der Waals surface area (Å²) in [7, 11) is 5.34. The SMILES string of the molecule is [B]c1cnc(C(=O)COC(=O)CNC(=O)OC(C)(C)C)cn1. The van der Waals surface area contributed by atoms with Gasteiger partial charge in [0.1, 0.15) is 25.7 Å². The number of nitrogens with zero attached hydrogens (tertiary/aromatic N) is 2. The highest BCUT2D eigenvalue weighted by Crippen LogP contribution is 2.06. The molecule has 0 aliphatic carbocycles. The van der Waals surface area contributed by atoms with Crippen LogP contribution in [0.3, 0.4) is 0 Å². The zero-order valence-electron chi connectivity index (χ0n) is 12.6. The number of aromatic nitrogens is 2. The van der Waals surface area contributed by atoms with Gasteiger partial charge in [-0.2, -0.15) is 0 Å². The minimum atomic E-state index is -0.775. The number of Topliss-reactive ketones (excluding diaryl/α,β-unsaturated/α-hetero) is 1. The number of ketones is 1. The molecule has 22 heavy (non-hydrogen) atoms. The molecule has 1 N–H and O–H groups in total. The van der Waals surface area contributed by atoms with E-state index in [1.807, 2.05) is 0 Å². The second kappa shape index (κ2) is 7.53. The van der Waals surface area contributed by atoms with E-state index in [-0.39, 0.29) is 11.3 Å². The maximum absolute atomic E-state index is 11.7. The number of carbonyl (C=O) groups is 3. The van der Waals surface area contributed by atoms with Gasteiger partial charge in [0.15, 0.2) is 6.61 Å². The minimum Gasteiger partial charge on any atom is -0.456 e. The van der Waals surface area contributed by atoms with E-state index in [4.69, 9.17) is 17.3 Å². The van der Waals surface area contributed by atoms with Gasteiger partial charge in [-0.25, -0.2) is 4.79 Å². The van der Waals surface area contributed by atoms with Crippen LogP contribution in [0.1, 0.15) is 31.3 Å². The van der Waals surface area contributed by atoms with Gasteiger partial charge >= 0.3 is 12.1 Å². The van der Waals surface area contributed by atoms with E-state index < -0.39 is 36.6 Å². The van der Waals surface area contributed by atoms with E-state index >= 15 is 0 Å². The van der Waals surface area contributed by atoms with Gasteiger partial charge in [-0.05, 0) is 20.8 Å². The highest BCUT2D eigenvalue weighted by Gasteiger charge is 2.17. The van der Waals surface area contributed by atoms with Crippen molar-refractivity contribution in [3.63, 3.8) is 0 Å². The monoisotopic (exact) mass is 305 g/mol. The Balaban J connectivity index is 2.32. The van der Waals surface area contributed by atoms with E-state index in [9.17, 15) is 14.4 Å². The number of ether oxygens (including phenoxy) is 2. The van der Waals surface area contributed by atoms with Gasteiger partial charge in [0, 0.05) is 11.8 Å². The molecule has 0 saturated heterocycles. The van der Waals surface area contributed by atoms with Gasteiger partial charge in [0.05, 0.1) is 6.20 Å². The lowest BCUT2D eigenvalue weighted by Crippen LogP contribution is -2.36. The molecule has 0 atom stereocenters. The Kier molecular flexibility index (Phi) is 6.03. The third-order valence-corrected chi connectivity index (χ3v) is 2.10. The molecule has 0 spiro atoms. The number of nitrogens with one attached hydrogen (secondary N) is 1. The van der Waals surface area contributed by atoms with Crippen LogP contribution in [0.2, 0.25) is 0 Å². The Labute approximate surface area is 129 Å². The van der Waals surface area contributed by atoms with Crippen molar-refractivity contribution in [1.29, 1.82) is 0 Å². The first-order valence-corrected chi connectivity index (χ1v) is 6.40. The van der Waals surface area contributed by atoms with Crippen LogP contribution in [-0.2, 0) is 14.3 Å². The summed E-state index contributed by atoms with van der Waals surface area (Å²) < 4.78 is 9.65. The predicted molar refractivity (Wildman–Crippen MR) is 76.9 cm³/mol. The third kappa shape index (κ3) is 6.82. The Morgan fingerprint density at radius 3 is 2.45 bits per heavy atom. The number of hydrogen-bond donors (Lipinski definition) is 1. The van der Waals surface area contributed by atoms with Crippen LogP contribution in [-0.4, -0.2) is 54.4 Å². The Bertz CT molecular complexity index is 554. The van der Waals surface area contributed by atoms with Crippen molar-refractivity contribution in [2.75, 3.05) is 13.2 Å². The van der Waals surface area contributed by atoms with Crippen LogP contribution in [0, 0.1) is 0 Å². The van der Waals surface area contributed by atoms with Crippen LogP contribution in [0.15, 0.2) is 12.4 Å². The van der Waals surface area contributed by atoms with Crippen molar-refractivity contribution in [3.05, 3.63) is 18.1 Å². The second-order valence-electron chi connectivity index (χ2n) is 5.27. The first-order valence-electron chi connectivity index (χ1n) is 6.40. The Morgan fingerprint density at radius 2 is 1.91 bits per heavy atom. The number of esters is 1. The van der Waals surface area contributed by atoms with E-state index in [2.05, 4.69) is 15.3 Å². The first-order chi connectivity index (χ1) is 10.2. The number of hydrogen-bond acceptors (Lipinski definition) is 7. The zero-order valence-corrected chi connectivity index (χ0v) is 12.6. The lowest BCUT2D eigenvalue weighted by molar-refractivity contribution is -0.141. The molecule has 1 aromatic heterocycles. The van der Waals surface area contributed by atoms with Crippen molar-refractivity contribution in [3.8, 4) is 0 Å². The lowest BCUT2D eigenvalue weighted by Gasteiger charge is -2.19. The van der Waals surface area contributed by atoms with Gasteiger partial charge in [-0.15, -0.1) is 0 Å². The normalized spacial score (nSPS) is 10.7. The molecule has 0 aliphatic heterocycles. The van der Waals surface area contributed by atoms with Gasteiger partial charge in [0.25, 0.3) is 0 Å². The van der Waals surface area contributed by atoms with Crippen LogP contribution in [0.4, 0.5) is 4.79 Å². The number of alkyl carbamates (subject to hydrolysis) is 1. The Morgan fingerprint density at radius 1 is 1.23 bits per heavy atom. The fourth-order valence-electron chi connectivity index (χ4n) is 1.21. The molecule has 0 bridgehead atoms. The topological polar surface area (TPSA) is 107 Å². The summed E-state index contributed by atoms with van der Waals surface area (Å²) in [6, 6.07) is 0. The molecule has 0 saturated carbocycles. The fourth-order valence-corrected chi connectivity index (χ4v) is 1.21. The molecule has 9 heteroatoms. The van der Waals surface area contributed by atoms with Gasteiger partial charge < -0.3 is 14.8 Å². The average Bonchev–Trinajstić information content (AvgIpc) is 2.41. The maximum Gasteiger partial charge on any atom is 0.408 e. The fraction of sp³-hybridized carbons (Fsp3) is 0.462. The molecule has 1 amide bonds. The predicted octanol–water partition coefficient (Wildman–Crippen LogP) is -0.479. The maximum atomic E-state index is 11.7. The standard InChI is InChI=1S/C13H16BN3O5/c1-13(2,3)22-12(20)17-6-11(19)21-7-9(18)8-4-16-10(14)5-15-8/h4-5H,6-7H2,1-3H3,(H,17,20). The van der Waals surface area contributed by atoms with E-state index in [1.54, 1.807) is 20.8 Å². The van der Waals surface area contributed by atoms with Crippen LogP contribution < -0.4 is 10.9 Å². The largest absolute Gasteiger partial charge is 0.456 e. The average molecular weight is 305 g/mol. The molecule has 1 aromatic rings. The van der Waals surface area contributed by atoms with Crippen molar-refractivity contribution >= 4 is 31.3 Å². The van der Waals surface area contributed by atoms with Crippen LogP contribution in [0.25, 0.3) is 0 Å². The first kappa shape index (κ1) is 17.6. The van der Waals surface area contributed by atoms with Crippen molar-refractivity contribution in [2.24, 2.45) is 0 Å². The summed E-state index contributed by atoms with van der Waals surface area (Å²) in [6.45, 7) is 4.16. The summed E-state index contributed by atoms with van der Waals surface area (Å²) in [5.74, 6) is -1.30. The van der Waals surface area contributed by atoms with E-state index in [0.29, 0.717) is 0 Å². The highest BCUT2D eigenvalue weighted by molar-refractivity contribution is 6.30. The minimum absolute atomic E-state index is 0.0297. The van der Waals surface area contributed by atoms with Gasteiger partial charge in [0.2, 0.25) is 5.78 Å². The lowest BCUT2D eigenvalue weighted by atomic mass is 10.1. The number of carbonyl (C=O) groups excluding carboxylic acids is 3. The molecule has 1 rings (SSSR count). The second-order valence-corrected chi connectivity index (χ2v) is 5.27. The summed E-state index contributed by atoms with van der Waals surface area (Å²) >= 11 is 0. The van der Waals surface area contributed by atoms with E-state index in [1.165, 1.54) is 12.4 Å². The summed E-state index contributed by atoms with van der Waals surface area (Å²) in [5.41, 5.74) is -0.463. The molecular weight excluding hydrogens is 289 g/mol. The molecule has 0 aliphatic rings. The molecule has 8 nitrogen and oxygen atoms in total. The highest BCUT2D eigenvalue weighted by atomic mass is 16.6. The molecule has 0 fully saturated rings. The van der Waals surface area contributed by atoms with Crippen molar-refractivity contribution < 1.29 is 23.9 Å². The zero-order chi connectivity index (χ0) is 16.8. The molecule has 0 unspecified atom stereocenters. The number of amides is 1. The van der Waals surface area contributed by atoms with Crippen molar-refractivity contribution in [2.45, 2.75) is 26.4 Å². The summed E-state index contributed by atoms with van der Waals surface area (Å²) in [6.07, 6.45) is 1.66. The molecular formula is C13H16BN3O5. The Hall–Kier alpha value is -2.45. The quantitative estimate of drug-likeness (QED) is 0.445. The van der Waals surface area contributed by atoms with Crippen LogP contribution >= 0.6 is 0 Å². The summed E-state index contributed by atoms with van der Waals surface area (Å²) in [4.78, 5) is 41.8. The molecule has 2 radical (unpaired) electrons. The van der Waals surface area contributed by atoms with E-state index in [0.717, 1.165) is 0 Å².